The van der Waals surface area contributed by atoms with Crippen LogP contribution in [0.1, 0.15) is 26.7 Å². The van der Waals surface area contributed by atoms with Crippen LogP contribution < -0.4 is 20.7 Å². The molecule has 88 valence electrons. The highest BCUT2D eigenvalue weighted by molar-refractivity contribution is 5.76. The predicted octanol–water partition coefficient (Wildman–Crippen LogP) is 0.727. The van der Waals surface area contributed by atoms with E-state index in [0.29, 0.717) is 11.4 Å². The van der Waals surface area contributed by atoms with Gasteiger partial charge in [-0.3, -0.25) is 9.59 Å². The topological polar surface area (TPSA) is 40.6 Å². The maximum absolute atomic E-state index is 11.6. The Kier molecular flexibility index (Phi) is 2.74. The molecule has 0 aromatic heterocycles. The van der Waals surface area contributed by atoms with E-state index in [1.165, 1.54) is 0 Å². The largest absolute Gasteiger partial charge is 0.367 e. The third-order valence-electron chi connectivity index (χ3n) is 3.41. The van der Waals surface area contributed by atoms with Gasteiger partial charge in [-0.15, -0.1) is 0 Å². The molecule has 0 bridgehead atoms. The van der Waals surface area contributed by atoms with E-state index in [-0.39, 0.29) is 16.9 Å². The zero-order valence-electron chi connectivity index (χ0n) is 10.1. The summed E-state index contributed by atoms with van der Waals surface area (Å²) in [5.41, 5.74) is 0.642. The van der Waals surface area contributed by atoms with Gasteiger partial charge in [0.05, 0.1) is 0 Å². The van der Waals surface area contributed by atoms with Crippen LogP contribution >= 0.6 is 0 Å². The van der Waals surface area contributed by atoms with Crippen molar-refractivity contribution in [2.75, 3.05) is 29.9 Å². The van der Waals surface area contributed by atoms with Crippen LogP contribution in [0.15, 0.2) is 9.59 Å². The Balaban J connectivity index is 2.35. The monoisotopic (exact) mass is 222 g/mol. The molecule has 1 aromatic rings. The van der Waals surface area contributed by atoms with Crippen molar-refractivity contribution >= 4 is 11.4 Å². The van der Waals surface area contributed by atoms with E-state index in [0.717, 1.165) is 25.9 Å². The predicted molar refractivity (Wildman–Crippen MR) is 66.3 cm³/mol. The Morgan fingerprint density at radius 1 is 1.12 bits per heavy atom. The van der Waals surface area contributed by atoms with Gasteiger partial charge in [-0.25, -0.2) is 0 Å². The number of hydrogen-bond acceptors (Lipinski definition) is 4. The minimum Gasteiger partial charge on any atom is -0.367 e. The molecule has 1 aromatic carbocycles. The van der Waals surface area contributed by atoms with E-state index >= 15 is 0 Å². The van der Waals surface area contributed by atoms with Crippen molar-refractivity contribution in [3.8, 4) is 0 Å². The van der Waals surface area contributed by atoms with Gasteiger partial charge >= 0.3 is 0 Å². The average molecular weight is 222 g/mol. The quantitative estimate of drug-likeness (QED) is 0.707. The maximum Gasteiger partial charge on any atom is 0.253 e. The van der Waals surface area contributed by atoms with Gasteiger partial charge in [-0.2, -0.15) is 0 Å². The van der Waals surface area contributed by atoms with E-state index in [9.17, 15) is 9.59 Å². The van der Waals surface area contributed by atoms with Gasteiger partial charge < -0.3 is 9.80 Å². The summed E-state index contributed by atoms with van der Waals surface area (Å²) in [6.07, 6.45) is 2.23. The zero-order valence-corrected chi connectivity index (χ0v) is 10.1. The third-order valence-corrected chi connectivity index (χ3v) is 3.41. The molecular weight excluding hydrogens is 204 g/mol. The molecule has 0 amide bonds. The SMILES string of the molecule is CC(C)N(C)c1c(N2CCCC2)c(=O)c1=O. The first-order valence-corrected chi connectivity index (χ1v) is 5.85. The molecule has 0 aliphatic carbocycles. The molecule has 0 radical (unpaired) electrons. The smallest absolute Gasteiger partial charge is 0.253 e. The third kappa shape index (κ3) is 1.52. The molecule has 1 saturated heterocycles. The molecular formula is C12H18N2O2. The zero-order chi connectivity index (χ0) is 11.9. The highest BCUT2D eigenvalue weighted by Gasteiger charge is 2.30. The van der Waals surface area contributed by atoms with Crippen LogP contribution in [0.4, 0.5) is 11.4 Å². The highest BCUT2D eigenvalue weighted by Crippen LogP contribution is 2.27. The second-order valence-electron chi connectivity index (χ2n) is 4.75. The Morgan fingerprint density at radius 2 is 1.69 bits per heavy atom. The lowest BCUT2D eigenvalue weighted by molar-refractivity contribution is 0.744. The van der Waals surface area contributed by atoms with Crippen molar-refractivity contribution in [3.63, 3.8) is 0 Å². The minimum absolute atomic E-state index is 0.240. The molecule has 1 heterocycles. The molecule has 4 nitrogen and oxygen atoms in total. The van der Waals surface area contributed by atoms with E-state index in [1.54, 1.807) is 0 Å². The Hall–Kier alpha value is -1.32. The van der Waals surface area contributed by atoms with Crippen molar-refractivity contribution < 1.29 is 0 Å². The van der Waals surface area contributed by atoms with Gasteiger partial charge in [-0.1, -0.05) is 0 Å². The lowest BCUT2D eigenvalue weighted by atomic mass is 10.1. The molecule has 1 fully saturated rings. The highest BCUT2D eigenvalue weighted by atomic mass is 16.2. The summed E-state index contributed by atoms with van der Waals surface area (Å²) >= 11 is 0. The van der Waals surface area contributed by atoms with Crippen molar-refractivity contribution in [3.05, 3.63) is 20.4 Å². The van der Waals surface area contributed by atoms with E-state index in [1.807, 2.05) is 25.8 Å². The Bertz CT molecular complexity index is 422. The van der Waals surface area contributed by atoms with Gasteiger partial charge in [0.15, 0.2) is 0 Å². The first kappa shape index (κ1) is 11.2. The number of hydrogen-bond donors (Lipinski definition) is 0. The Morgan fingerprint density at radius 3 is 2.19 bits per heavy atom. The van der Waals surface area contributed by atoms with Gasteiger partial charge in [0.25, 0.3) is 10.9 Å². The fourth-order valence-electron chi connectivity index (χ4n) is 2.19. The molecule has 1 aliphatic rings. The van der Waals surface area contributed by atoms with E-state index < -0.39 is 0 Å². The summed E-state index contributed by atoms with van der Waals surface area (Å²) in [6, 6.07) is 0.240. The molecule has 16 heavy (non-hydrogen) atoms. The summed E-state index contributed by atoms with van der Waals surface area (Å²) in [6.45, 7) is 5.85. The van der Waals surface area contributed by atoms with Crippen molar-refractivity contribution in [2.24, 2.45) is 0 Å². The first-order valence-electron chi connectivity index (χ1n) is 5.85. The molecule has 0 N–H and O–H groups in total. The molecule has 0 saturated carbocycles. The van der Waals surface area contributed by atoms with E-state index in [2.05, 4.69) is 4.90 Å². The van der Waals surface area contributed by atoms with Crippen LogP contribution in [-0.2, 0) is 0 Å². The van der Waals surface area contributed by atoms with Crippen molar-refractivity contribution in [1.29, 1.82) is 0 Å². The van der Waals surface area contributed by atoms with Crippen molar-refractivity contribution in [2.45, 2.75) is 32.7 Å². The second kappa shape index (κ2) is 3.92. The number of nitrogens with zero attached hydrogens (tertiary/aromatic N) is 2. The summed E-state index contributed by atoms with van der Waals surface area (Å²) in [5.74, 6) is 0. The minimum atomic E-state index is -0.321. The Labute approximate surface area is 95.2 Å². The lowest BCUT2D eigenvalue weighted by Gasteiger charge is -2.30. The van der Waals surface area contributed by atoms with Crippen LogP contribution in [0, 0.1) is 0 Å². The first-order chi connectivity index (χ1) is 7.54. The summed E-state index contributed by atoms with van der Waals surface area (Å²) < 4.78 is 0. The fourth-order valence-corrected chi connectivity index (χ4v) is 2.19. The molecule has 2 rings (SSSR count). The second-order valence-corrected chi connectivity index (χ2v) is 4.75. The van der Waals surface area contributed by atoms with Crippen LogP contribution in [0.2, 0.25) is 0 Å². The molecule has 0 unspecified atom stereocenters. The summed E-state index contributed by atoms with van der Waals surface area (Å²) in [5, 5.41) is 0. The molecule has 4 heteroatoms. The molecule has 1 aliphatic heterocycles. The molecule has 0 spiro atoms. The average Bonchev–Trinajstić information content (AvgIpc) is 2.76. The standard InChI is InChI=1S/C12H18N2O2/c1-8(2)13(3)9-10(12(16)11(9)15)14-6-4-5-7-14/h8H,4-7H2,1-3H3. The van der Waals surface area contributed by atoms with Crippen LogP contribution in [0.25, 0.3) is 0 Å². The fraction of sp³-hybridized carbons (Fsp3) is 0.667. The lowest BCUT2D eigenvalue weighted by Crippen LogP contribution is -2.46. The number of rotatable bonds is 3. The van der Waals surface area contributed by atoms with Gasteiger partial charge in [0.1, 0.15) is 11.4 Å². The van der Waals surface area contributed by atoms with Gasteiger partial charge in [-0.05, 0) is 26.7 Å². The molecule has 0 atom stereocenters. The normalized spacial score (nSPS) is 16.4. The van der Waals surface area contributed by atoms with Crippen molar-refractivity contribution in [1.82, 2.24) is 0 Å². The van der Waals surface area contributed by atoms with E-state index in [4.69, 9.17) is 0 Å². The van der Waals surface area contributed by atoms with Gasteiger partial charge in [0, 0.05) is 26.2 Å². The van der Waals surface area contributed by atoms with Gasteiger partial charge in [0.2, 0.25) is 0 Å². The van der Waals surface area contributed by atoms with Crippen LogP contribution in [0.5, 0.6) is 0 Å². The van der Waals surface area contributed by atoms with Crippen LogP contribution in [0.3, 0.4) is 0 Å². The summed E-state index contributed by atoms with van der Waals surface area (Å²) in [7, 11) is 1.88. The summed E-state index contributed by atoms with van der Waals surface area (Å²) in [4.78, 5) is 27.2. The van der Waals surface area contributed by atoms with Crippen LogP contribution in [-0.4, -0.2) is 26.2 Å². The number of anilines is 2. The maximum atomic E-state index is 11.6.